The number of benzene rings is 5. The van der Waals surface area contributed by atoms with Gasteiger partial charge in [0.15, 0.2) is 0 Å². The summed E-state index contributed by atoms with van der Waals surface area (Å²) in [5, 5.41) is 35.3. The Bertz CT molecular complexity index is 1500. The van der Waals surface area contributed by atoms with Crippen molar-refractivity contribution < 1.29 is 15.3 Å². The van der Waals surface area contributed by atoms with Crippen molar-refractivity contribution in [3.8, 4) is 17.2 Å². The first-order chi connectivity index (χ1) is 18.1. The smallest absolute Gasteiger partial charge is 0.119 e. The van der Waals surface area contributed by atoms with Gasteiger partial charge in [0.1, 0.15) is 22.9 Å². The predicted octanol–water partition coefficient (Wildman–Crippen LogP) is 7.56. The van der Waals surface area contributed by atoms with Crippen molar-refractivity contribution in [3.63, 3.8) is 0 Å². The Morgan fingerprint density at radius 2 is 0.757 bits per heavy atom. The largest absolute Gasteiger partial charge is 0.508 e. The van der Waals surface area contributed by atoms with Crippen molar-refractivity contribution in [2.75, 3.05) is 0 Å². The summed E-state index contributed by atoms with van der Waals surface area (Å²) >= 11 is 0. The lowest BCUT2D eigenvalue weighted by molar-refractivity contribution is 0.458. The first-order valence-electron chi connectivity index (χ1n) is 11.9. The summed E-state index contributed by atoms with van der Waals surface area (Å²) in [5.74, 6) is -0.448. The maximum atomic E-state index is 11.6. The Morgan fingerprint density at radius 3 is 1.14 bits per heavy atom. The molecule has 0 heterocycles. The molecular weight excluding hydrogens is 462 g/mol. The van der Waals surface area contributed by atoms with Gasteiger partial charge in [0.2, 0.25) is 0 Å². The molecule has 3 N–H and O–H groups in total. The van der Waals surface area contributed by atoms with E-state index in [-0.39, 0.29) is 17.2 Å². The molecule has 5 aromatic carbocycles. The van der Waals surface area contributed by atoms with Crippen LogP contribution in [0.1, 0.15) is 45.2 Å². The van der Waals surface area contributed by atoms with Crippen LogP contribution < -0.4 is 0 Å². The first-order valence-corrected chi connectivity index (χ1v) is 11.9. The van der Waals surface area contributed by atoms with Crippen LogP contribution in [0.15, 0.2) is 127 Å². The molecule has 5 nitrogen and oxygen atoms in total. The predicted molar refractivity (Wildman–Crippen MR) is 145 cm³/mol. The fourth-order valence-corrected chi connectivity index (χ4v) is 4.94. The molecule has 1 unspecified atom stereocenters. The normalized spacial score (nSPS) is 11.8. The number of aromatic hydroxyl groups is 3. The van der Waals surface area contributed by atoms with Crippen LogP contribution in [0.3, 0.4) is 0 Å². The molecule has 0 aromatic heterocycles. The highest BCUT2D eigenvalue weighted by Crippen LogP contribution is 2.43. The van der Waals surface area contributed by atoms with E-state index in [0.29, 0.717) is 27.9 Å². The standard InChI is InChI=1S/C32H25NO4/c34-28-14-6-2-10-24(28)31(23-9-1-5-13-27(23)33-37)21-17-19-22(20-18-21)32(25-11-3-7-15-29(25)35)26-12-4-8-16-30(26)36/h1-20,31-32,34-36H. The average molecular weight is 488 g/mol. The molecule has 37 heavy (non-hydrogen) atoms. The van der Waals surface area contributed by atoms with Crippen LogP contribution in [-0.2, 0) is 0 Å². The van der Waals surface area contributed by atoms with Gasteiger partial charge in [-0.3, -0.25) is 0 Å². The maximum Gasteiger partial charge on any atom is 0.119 e. The summed E-state index contributed by atoms with van der Waals surface area (Å²) in [5.41, 5.74) is 4.71. The molecule has 0 aliphatic carbocycles. The van der Waals surface area contributed by atoms with Gasteiger partial charge in [-0.05, 0) is 46.1 Å². The topological polar surface area (TPSA) is 90.1 Å². The van der Waals surface area contributed by atoms with Crippen LogP contribution in [0.2, 0.25) is 0 Å². The zero-order valence-corrected chi connectivity index (χ0v) is 19.9. The van der Waals surface area contributed by atoms with Gasteiger partial charge >= 0.3 is 0 Å². The molecule has 0 bridgehead atoms. The van der Waals surface area contributed by atoms with Crippen molar-refractivity contribution >= 4 is 5.69 Å². The van der Waals surface area contributed by atoms with Gasteiger partial charge < -0.3 is 15.3 Å². The van der Waals surface area contributed by atoms with Crippen molar-refractivity contribution in [2.24, 2.45) is 5.18 Å². The molecule has 5 heteroatoms. The third kappa shape index (κ3) is 4.67. The Labute approximate surface area is 214 Å². The summed E-state index contributed by atoms with van der Waals surface area (Å²) in [4.78, 5) is 11.6. The number of phenolic OH excluding ortho intramolecular Hbond substituents is 3. The first kappa shape index (κ1) is 23.8. The molecular formula is C32H25NO4. The van der Waals surface area contributed by atoms with E-state index in [1.165, 1.54) is 0 Å². The van der Waals surface area contributed by atoms with Crippen molar-refractivity contribution in [1.82, 2.24) is 0 Å². The van der Waals surface area contributed by atoms with Gasteiger partial charge in [-0.1, -0.05) is 97.1 Å². The summed E-state index contributed by atoms with van der Waals surface area (Å²) in [6, 6.07) is 36.1. The van der Waals surface area contributed by atoms with Gasteiger partial charge in [0.25, 0.3) is 0 Å². The summed E-state index contributed by atoms with van der Waals surface area (Å²) < 4.78 is 0. The number of nitrogens with zero attached hydrogens (tertiary/aromatic N) is 1. The molecule has 5 aromatic rings. The fraction of sp³-hybridized carbons (Fsp3) is 0.0625. The van der Waals surface area contributed by atoms with E-state index in [1.54, 1.807) is 48.5 Å². The summed E-state index contributed by atoms with van der Waals surface area (Å²) in [6.45, 7) is 0. The number of para-hydroxylation sites is 3. The molecule has 1 atom stereocenters. The lowest BCUT2D eigenvalue weighted by atomic mass is 9.80. The summed E-state index contributed by atoms with van der Waals surface area (Å²) in [7, 11) is 0. The molecule has 0 saturated heterocycles. The van der Waals surface area contributed by atoms with E-state index in [4.69, 9.17) is 0 Å². The van der Waals surface area contributed by atoms with Crippen LogP contribution >= 0.6 is 0 Å². The van der Waals surface area contributed by atoms with E-state index in [1.807, 2.05) is 72.8 Å². The summed E-state index contributed by atoms with van der Waals surface area (Å²) in [6.07, 6.45) is 0. The monoisotopic (exact) mass is 487 g/mol. The van der Waals surface area contributed by atoms with Gasteiger partial charge in [0.05, 0.1) is 0 Å². The van der Waals surface area contributed by atoms with Gasteiger partial charge in [-0.2, -0.15) is 0 Å². The Balaban J connectivity index is 1.66. The van der Waals surface area contributed by atoms with Crippen molar-refractivity contribution in [3.05, 3.63) is 160 Å². The number of hydrogen-bond acceptors (Lipinski definition) is 5. The third-order valence-electron chi connectivity index (χ3n) is 6.69. The zero-order chi connectivity index (χ0) is 25.8. The van der Waals surface area contributed by atoms with Crippen LogP contribution in [0.4, 0.5) is 5.69 Å². The zero-order valence-electron chi connectivity index (χ0n) is 19.9. The molecule has 0 saturated carbocycles. The van der Waals surface area contributed by atoms with E-state index in [9.17, 15) is 20.2 Å². The second-order valence-corrected chi connectivity index (χ2v) is 8.86. The van der Waals surface area contributed by atoms with Crippen molar-refractivity contribution in [1.29, 1.82) is 0 Å². The van der Waals surface area contributed by atoms with Crippen molar-refractivity contribution in [2.45, 2.75) is 11.8 Å². The maximum absolute atomic E-state index is 11.6. The molecule has 0 aliphatic rings. The van der Waals surface area contributed by atoms with Crippen LogP contribution in [0.5, 0.6) is 17.2 Å². The highest BCUT2D eigenvalue weighted by atomic mass is 16.3. The van der Waals surface area contributed by atoms with E-state index in [2.05, 4.69) is 5.18 Å². The Morgan fingerprint density at radius 1 is 0.432 bits per heavy atom. The average Bonchev–Trinajstić information content (AvgIpc) is 2.93. The third-order valence-corrected chi connectivity index (χ3v) is 6.69. The second-order valence-electron chi connectivity index (χ2n) is 8.86. The molecule has 5 rings (SSSR count). The second kappa shape index (κ2) is 10.4. The molecule has 0 radical (unpaired) electrons. The molecule has 0 amide bonds. The Kier molecular flexibility index (Phi) is 6.68. The SMILES string of the molecule is O=Nc1ccccc1C(c1ccc(C(c2ccccc2O)c2ccccc2O)cc1)c1ccccc1O. The van der Waals surface area contributed by atoms with Crippen LogP contribution in [0.25, 0.3) is 0 Å². The van der Waals surface area contributed by atoms with E-state index in [0.717, 1.165) is 11.1 Å². The molecule has 0 aliphatic heterocycles. The lowest BCUT2D eigenvalue weighted by Crippen LogP contribution is -2.07. The van der Waals surface area contributed by atoms with Crippen LogP contribution in [0, 0.1) is 4.91 Å². The van der Waals surface area contributed by atoms with Gasteiger partial charge in [-0.15, -0.1) is 4.91 Å². The molecule has 182 valence electrons. The van der Waals surface area contributed by atoms with Gasteiger partial charge in [0, 0.05) is 28.5 Å². The van der Waals surface area contributed by atoms with Crippen LogP contribution in [-0.4, -0.2) is 15.3 Å². The number of hydrogen-bond donors (Lipinski definition) is 3. The highest BCUT2D eigenvalue weighted by Gasteiger charge is 2.25. The van der Waals surface area contributed by atoms with Gasteiger partial charge in [-0.25, -0.2) is 0 Å². The lowest BCUT2D eigenvalue weighted by Gasteiger charge is -2.23. The minimum Gasteiger partial charge on any atom is -0.508 e. The molecule has 0 fully saturated rings. The number of phenols is 3. The minimum absolute atomic E-state index is 0.124. The number of nitroso groups, excluding NO2 is 1. The number of rotatable bonds is 7. The fourth-order valence-electron chi connectivity index (χ4n) is 4.94. The Hall–Kier alpha value is -4.90. The minimum atomic E-state index is -0.433. The highest BCUT2D eigenvalue weighted by molar-refractivity contribution is 5.59. The molecule has 0 spiro atoms. The van der Waals surface area contributed by atoms with E-state index < -0.39 is 11.8 Å². The quantitative estimate of drug-likeness (QED) is 0.163. The van der Waals surface area contributed by atoms with E-state index >= 15 is 0 Å².